The van der Waals surface area contributed by atoms with E-state index in [4.69, 9.17) is 15.7 Å². The highest BCUT2D eigenvalue weighted by molar-refractivity contribution is 5.80. The first kappa shape index (κ1) is 14.3. The summed E-state index contributed by atoms with van der Waals surface area (Å²) in [4.78, 5) is 2.45. The van der Waals surface area contributed by atoms with Gasteiger partial charge in [-0.15, -0.1) is 0 Å². The lowest BCUT2D eigenvalue weighted by Gasteiger charge is -2.41. The predicted octanol–water partition coefficient (Wildman–Crippen LogP) is 1.40. The molecule has 0 aromatic heterocycles. The number of methoxy groups -OCH3 is 1. The lowest BCUT2D eigenvalue weighted by atomic mass is 9.96. The van der Waals surface area contributed by atoms with E-state index in [-0.39, 0.29) is 0 Å². The van der Waals surface area contributed by atoms with E-state index in [0.717, 1.165) is 25.8 Å². The lowest BCUT2D eigenvalue weighted by Crippen LogP contribution is -2.49. The molecule has 3 unspecified atom stereocenters. The summed E-state index contributed by atoms with van der Waals surface area (Å²) in [6.07, 6.45) is 4.15. The molecule has 3 N–H and O–H groups in total. The van der Waals surface area contributed by atoms with E-state index in [1.165, 1.54) is 0 Å². The summed E-state index contributed by atoms with van der Waals surface area (Å²) in [7, 11) is 1.78. The quantitative estimate of drug-likeness (QED) is 0.331. The molecule has 3 atom stereocenters. The van der Waals surface area contributed by atoms with Crippen molar-refractivity contribution in [2.24, 2.45) is 10.9 Å². The number of amidine groups is 1. The van der Waals surface area contributed by atoms with Crippen molar-refractivity contribution in [3.05, 3.63) is 0 Å². The molecule has 0 radical (unpaired) electrons. The molecule has 1 heterocycles. The van der Waals surface area contributed by atoms with Crippen molar-refractivity contribution in [3.63, 3.8) is 0 Å². The zero-order chi connectivity index (χ0) is 12.8. The van der Waals surface area contributed by atoms with Crippen molar-refractivity contribution >= 4 is 5.84 Å². The maximum absolute atomic E-state index is 8.65. The van der Waals surface area contributed by atoms with E-state index < -0.39 is 0 Å². The third kappa shape index (κ3) is 3.85. The number of rotatable bonds is 5. The van der Waals surface area contributed by atoms with Gasteiger partial charge in [-0.25, -0.2) is 0 Å². The Bertz CT molecular complexity index is 258. The number of hydrogen-bond donors (Lipinski definition) is 2. The van der Waals surface area contributed by atoms with Gasteiger partial charge in [-0.05, 0) is 26.2 Å². The van der Waals surface area contributed by atoms with Gasteiger partial charge >= 0.3 is 0 Å². The fourth-order valence-corrected chi connectivity index (χ4v) is 2.68. The van der Waals surface area contributed by atoms with E-state index in [2.05, 4.69) is 23.9 Å². The standard InChI is InChI=1S/C12H25N3O2/c1-4-10(8-12(13)14-16)15-6-5-11(17-3)7-9(15)2/h9-11,16H,4-8H2,1-3H3,(H2,13,14). The first-order chi connectivity index (χ1) is 8.12. The van der Waals surface area contributed by atoms with E-state index >= 15 is 0 Å². The summed E-state index contributed by atoms with van der Waals surface area (Å²) in [5, 5.41) is 11.7. The molecule has 17 heavy (non-hydrogen) atoms. The van der Waals surface area contributed by atoms with Gasteiger partial charge in [0.1, 0.15) is 5.84 Å². The maximum atomic E-state index is 8.65. The fraction of sp³-hybridized carbons (Fsp3) is 0.917. The molecule has 1 fully saturated rings. The summed E-state index contributed by atoms with van der Waals surface area (Å²) in [6, 6.07) is 0.851. The monoisotopic (exact) mass is 243 g/mol. The van der Waals surface area contributed by atoms with Crippen LogP contribution < -0.4 is 5.73 Å². The van der Waals surface area contributed by atoms with Gasteiger partial charge in [0.2, 0.25) is 0 Å². The van der Waals surface area contributed by atoms with Crippen molar-refractivity contribution in [1.29, 1.82) is 0 Å². The van der Waals surface area contributed by atoms with Crippen LogP contribution in [0.1, 0.15) is 39.5 Å². The van der Waals surface area contributed by atoms with Crippen LogP contribution in [0.25, 0.3) is 0 Å². The first-order valence-electron chi connectivity index (χ1n) is 6.37. The number of ether oxygens (including phenoxy) is 1. The minimum Gasteiger partial charge on any atom is -0.409 e. The molecule has 0 aliphatic carbocycles. The van der Waals surface area contributed by atoms with Crippen molar-refractivity contribution in [2.45, 2.75) is 57.7 Å². The number of nitrogens with two attached hydrogens (primary N) is 1. The van der Waals surface area contributed by atoms with Gasteiger partial charge in [-0.3, -0.25) is 4.90 Å². The van der Waals surface area contributed by atoms with Crippen LogP contribution in [0.3, 0.4) is 0 Å². The molecule has 0 aromatic carbocycles. The molecule has 1 saturated heterocycles. The van der Waals surface area contributed by atoms with Crippen LogP contribution >= 0.6 is 0 Å². The topological polar surface area (TPSA) is 71.1 Å². The van der Waals surface area contributed by atoms with Crippen LogP contribution in [-0.2, 0) is 4.74 Å². The number of hydrogen-bond acceptors (Lipinski definition) is 4. The zero-order valence-electron chi connectivity index (χ0n) is 11.1. The summed E-state index contributed by atoms with van der Waals surface area (Å²) in [5.41, 5.74) is 5.60. The molecule has 0 aromatic rings. The van der Waals surface area contributed by atoms with Crippen LogP contribution in [0.15, 0.2) is 5.16 Å². The molecule has 0 amide bonds. The molecular formula is C12H25N3O2. The molecular weight excluding hydrogens is 218 g/mol. The molecule has 0 saturated carbocycles. The van der Waals surface area contributed by atoms with Gasteiger partial charge in [-0.1, -0.05) is 12.1 Å². The molecule has 5 heteroatoms. The Labute approximate surface area is 104 Å². The highest BCUT2D eigenvalue weighted by Crippen LogP contribution is 2.24. The zero-order valence-corrected chi connectivity index (χ0v) is 11.1. The number of nitrogens with zero attached hydrogens (tertiary/aromatic N) is 2. The van der Waals surface area contributed by atoms with Crippen molar-refractivity contribution in [1.82, 2.24) is 4.90 Å². The Morgan fingerprint density at radius 3 is 2.82 bits per heavy atom. The Morgan fingerprint density at radius 1 is 1.65 bits per heavy atom. The summed E-state index contributed by atoms with van der Waals surface area (Å²) < 4.78 is 5.41. The van der Waals surface area contributed by atoms with E-state index in [9.17, 15) is 0 Å². The van der Waals surface area contributed by atoms with Crippen molar-refractivity contribution in [2.75, 3.05) is 13.7 Å². The predicted molar refractivity (Wildman–Crippen MR) is 68.3 cm³/mol. The second kappa shape index (κ2) is 6.81. The van der Waals surface area contributed by atoms with Gasteiger partial charge in [0.25, 0.3) is 0 Å². The molecule has 5 nitrogen and oxygen atoms in total. The largest absolute Gasteiger partial charge is 0.409 e. The smallest absolute Gasteiger partial charge is 0.140 e. The summed E-state index contributed by atoms with van der Waals surface area (Å²) in [6.45, 7) is 5.39. The van der Waals surface area contributed by atoms with Gasteiger partial charge < -0.3 is 15.7 Å². The van der Waals surface area contributed by atoms with Gasteiger partial charge in [0.15, 0.2) is 0 Å². The van der Waals surface area contributed by atoms with E-state index in [1.54, 1.807) is 7.11 Å². The molecule has 1 aliphatic heterocycles. The highest BCUT2D eigenvalue weighted by Gasteiger charge is 2.29. The van der Waals surface area contributed by atoms with Crippen LogP contribution in [0.2, 0.25) is 0 Å². The minimum absolute atomic E-state index is 0.318. The number of likely N-dealkylation sites (tertiary alicyclic amines) is 1. The Morgan fingerprint density at radius 2 is 2.35 bits per heavy atom. The number of piperidine rings is 1. The van der Waals surface area contributed by atoms with Crippen LogP contribution in [-0.4, -0.2) is 47.8 Å². The lowest BCUT2D eigenvalue weighted by molar-refractivity contribution is -0.000930. The highest BCUT2D eigenvalue weighted by atomic mass is 16.5. The first-order valence-corrected chi connectivity index (χ1v) is 6.37. The Kier molecular flexibility index (Phi) is 5.71. The molecule has 0 spiro atoms. The third-order valence-electron chi connectivity index (χ3n) is 3.73. The van der Waals surface area contributed by atoms with Crippen molar-refractivity contribution < 1.29 is 9.94 Å². The van der Waals surface area contributed by atoms with E-state index in [1.807, 2.05) is 0 Å². The summed E-state index contributed by atoms with van der Waals surface area (Å²) in [5.74, 6) is 0.318. The fourth-order valence-electron chi connectivity index (χ4n) is 2.68. The van der Waals surface area contributed by atoms with Crippen molar-refractivity contribution in [3.8, 4) is 0 Å². The maximum Gasteiger partial charge on any atom is 0.140 e. The number of oxime groups is 1. The minimum atomic E-state index is 0.318. The van der Waals surface area contributed by atoms with Gasteiger partial charge in [0, 0.05) is 32.2 Å². The molecule has 1 aliphatic rings. The second-order valence-electron chi connectivity index (χ2n) is 4.83. The SMILES string of the molecule is CCC(CC(N)=NO)N1CCC(OC)CC1C. The normalized spacial score (nSPS) is 29.2. The molecule has 100 valence electrons. The Hall–Kier alpha value is -0.810. The van der Waals surface area contributed by atoms with Gasteiger partial charge in [-0.2, -0.15) is 0 Å². The molecule has 1 rings (SSSR count). The second-order valence-corrected chi connectivity index (χ2v) is 4.83. The average Bonchev–Trinajstić information content (AvgIpc) is 2.35. The van der Waals surface area contributed by atoms with Crippen LogP contribution in [0, 0.1) is 0 Å². The van der Waals surface area contributed by atoms with Crippen LogP contribution in [0.4, 0.5) is 0 Å². The Balaban J connectivity index is 2.57. The molecule has 0 bridgehead atoms. The summed E-state index contributed by atoms with van der Waals surface area (Å²) >= 11 is 0. The van der Waals surface area contributed by atoms with E-state index in [0.29, 0.717) is 30.4 Å². The van der Waals surface area contributed by atoms with Crippen LogP contribution in [0.5, 0.6) is 0 Å². The average molecular weight is 243 g/mol. The third-order valence-corrected chi connectivity index (χ3v) is 3.73. The van der Waals surface area contributed by atoms with Gasteiger partial charge in [0.05, 0.1) is 6.10 Å².